The molecule has 26 heavy (non-hydrogen) atoms. The lowest BCUT2D eigenvalue weighted by atomic mass is 9.88. The van der Waals surface area contributed by atoms with E-state index in [0.29, 0.717) is 13.1 Å². The average Bonchev–Trinajstić information content (AvgIpc) is 2.66. The molecular weight excluding hydrogens is 333 g/mol. The number of halogens is 1. The van der Waals surface area contributed by atoms with E-state index in [1.54, 1.807) is 23.2 Å². The molecule has 0 bridgehead atoms. The van der Waals surface area contributed by atoms with Crippen LogP contribution >= 0.6 is 0 Å². The fourth-order valence-corrected chi connectivity index (χ4v) is 3.48. The highest BCUT2D eigenvalue weighted by Gasteiger charge is 2.32. The number of carbonyl (C=O) groups is 2. The standard InChI is InChI=1S/C20H22FN3O2/c1-14(25)23-19(18-10-4-5-11-22-18)15-7-6-12-24(13-15)20(26)16-8-2-3-9-17(16)21/h2-5,8-11,15,19H,6-7,12-13H2,1H3,(H,23,25). The highest BCUT2D eigenvalue weighted by Crippen LogP contribution is 2.30. The van der Waals surface area contributed by atoms with Gasteiger partial charge < -0.3 is 10.2 Å². The number of benzene rings is 1. The molecule has 0 radical (unpaired) electrons. The number of hydrogen-bond acceptors (Lipinski definition) is 3. The first-order valence-corrected chi connectivity index (χ1v) is 8.78. The summed E-state index contributed by atoms with van der Waals surface area (Å²) in [4.78, 5) is 30.5. The SMILES string of the molecule is CC(=O)NC(c1ccccn1)C1CCCN(C(=O)c2ccccc2F)C1. The van der Waals surface area contributed by atoms with Crippen LogP contribution in [0.25, 0.3) is 0 Å². The van der Waals surface area contributed by atoms with Gasteiger partial charge in [0.2, 0.25) is 5.91 Å². The topological polar surface area (TPSA) is 62.3 Å². The average molecular weight is 355 g/mol. The van der Waals surface area contributed by atoms with Gasteiger partial charge >= 0.3 is 0 Å². The monoisotopic (exact) mass is 355 g/mol. The minimum atomic E-state index is -0.511. The summed E-state index contributed by atoms with van der Waals surface area (Å²) in [6, 6.07) is 11.3. The maximum absolute atomic E-state index is 14.0. The summed E-state index contributed by atoms with van der Waals surface area (Å²) >= 11 is 0. The van der Waals surface area contributed by atoms with Crippen LogP contribution in [0.2, 0.25) is 0 Å². The van der Waals surface area contributed by atoms with Crippen molar-refractivity contribution in [1.82, 2.24) is 15.2 Å². The van der Waals surface area contributed by atoms with Crippen LogP contribution in [0.3, 0.4) is 0 Å². The number of nitrogens with one attached hydrogen (secondary N) is 1. The molecule has 1 aliphatic heterocycles. The number of nitrogens with zero attached hydrogens (tertiary/aromatic N) is 2. The van der Waals surface area contributed by atoms with Gasteiger partial charge in [0, 0.05) is 32.1 Å². The zero-order valence-corrected chi connectivity index (χ0v) is 14.7. The van der Waals surface area contributed by atoms with Gasteiger partial charge in [0.25, 0.3) is 5.91 Å². The van der Waals surface area contributed by atoms with Crippen LogP contribution in [0.1, 0.15) is 41.9 Å². The van der Waals surface area contributed by atoms with Crippen LogP contribution in [-0.2, 0) is 4.79 Å². The van der Waals surface area contributed by atoms with Gasteiger partial charge in [-0.25, -0.2) is 4.39 Å². The summed E-state index contributed by atoms with van der Waals surface area (Å²) in [5.41, 5.74) is 0.856. The molecule has 2 atom stereocenters. The first-order chi connectivity index (χ1) is 12.6. The molecule has 2 unspecified atom stereocenters. The third-order valence-corrected chi connectivity index (χ3v) is 4.69. The highest BCUT2D eigenvalue weighted by molar-refractivity contribution is 5.94. The molecule has 3 rings (SSSR count). The molecule has 0 saturated carbocycles. The molecule has 1 saturated heterocycles. The van der Waals surface area contributed by atoms with Crippen molar-refractivity contribution in [3.63, 3.8) is 0 Å². The molecule has 1 aliphatic rings. The van der Waals surface area contributed by atoms with E-state index < -0.39 is 5.82 Å². The van der Waals surface area contributed by atoms with Crippen molar-refractivity contribution in [2.75, 3.05) is 13.1 Å². The van der Waals surface area contributed by atoms with E-state index in [0.717, 1.165) is 18.5 Å². The van der Waals surface area contributed by atoms with Crippen LogP contribution in [0.15, 0.2) is 48.7 Å². The van der Waals surface area contributed by atoms with Crippen LogP contribution in [0.4, 0.5) is 4.39 Å². The fourth-order valence-electron chi connectivity index (χ4n) is 3.48. The Balaban J connectivity index is 1.80. The van der Waals surface area contributed by atoms with Crippen molar-refractivity contribution in [1.29, 1.82) is 0 Å². The Hall–Kier alpha value is -2.76. The van der Waals surface area contributed by atoms with Crippen molar-refractivity contribution >= 4 is 11.8 Å². The Labute approximate surface area is 152 Å². The lowest BCUT2D eigenvalue weighted by Crippen LogP contribution is -2.45. The van der Waals surface area contributed by atoms with E-state index in [9.17, 15) is 14.0 Å². The van der Waals surface area contributed by atoms with E-state index in [-0.39, 0.29) is 29.3 Å². The molecule has 1 aromatic heterocycles. The van der Waals surface area contributed by atoms with Crippen LogP contribution < -0.4 is 5.32 Å². The number of carbonyl (C=O) groups excluding carboxylic acids is 2. The minimum Gasteiger partial charge on any atom is -0.348 e. The molecule has 1 fully saturated rings. The molecule has 0 spiro atoms. The molecule has 2 amide bonds. The van der Waals surface area contributed by atoms with Gasteiger partial charge in [0.1, 0.15) is 5.82 Å². The molecule has 2 heterocycles. The predicted octanol–water partition coefficient (Wildman–Crippen LogP) is 2.95. The number of piperidine rings is 1. The second-order valence-corrected chi connectivity index (χ2v) is 6.57. The van der Waals surface area contributed by atoms with E-state index in [2.05, 4.69) is 10.3 Å². The minimum absolute atomic E-state index is 0.0262. The lowest BCUT2D eigenvalue weighted by molar-refractivity contribution is -0.120. The Kier molecular flexibility index (Phi) is 5.61. The van der Waals surface area contributed by atoms with Gasteiger partial charge in [0.05, 0.1) is 17.3 Å². The molecule has 6 heteroatoms. The highest BCUT2D eigenvalue weighted by atomic mass is 19.1. The Morgan fingerprint density at radius 2 is 2.00 bits per heavy atom. The third kappa shape index (κ3) is 4.07. The summed E-state index contributed by atoms with van der Waals surface area (Å²) in [6.45, 7) is 2.51. The van der Waals surface area contributed by atoms with Crippen LogP contribution in [0, 0.1) is 11.7 Å². The third-order valence-electron chi connectivity index (χ3n) is 4.69. The van der Waals surface area contributed by atoms with E-state index >= 15 is 0 Å². The molecule has 5 nitrogen and oxygen atoms in total. The molecule has 0 aliphatic carbocycles. The molecule has 2 aromatic rings. The summed E-state index contributed by atoms with van der Waals surface area (Å²) in [7, 11) is 0. The van der Waals surface area contributed by atoms with Gasteiger partial charge in [-0.05, 0) is 37.1 Å². The first kappa shape index (κ1) is 18.0. The lowest BCUT2D eigenvalue weighted by Gasteiger charge is -2.37. The summed E-state index contributed by atoms with van der Waals surface area (Å²) in [5.74, 6) is -0.936. The fraction of sp³-hybridized carbons (Fsp3) is 0.350. The second kappa shape index (κ2) is 8.08. The van der Waals surface area contributed by atoms with Crippen molar-refractivity contribution in [3.05, 3.63) is 65.7 Å². The van der Waals surface area contributed by atoms with Crippen molar-refractivity contribution in [2.45, 2.75) is 25.8 Å². The number of amides is 2. The van der Waals surface area contributed by atoms with E-state index in [4.69, 9.17) is 0 Å². The summed E-state index contributed by atoms with van der Waals surface area (Å²) in [5, 5.41) is 2.96. The Morgan fingerprint density at radius 3 is 2.69 bits per heavy atom. The number of aromatic nitrogens is 1. The van der Waals surface area contributed by atoms with Crippen molar-refractivity contribution in [3.8, 4) is 0 Å². The van der Waals surface area contributed by atoms with Crippen molar-refractivity contribution < 1.29 is 14.0 Å². The largest absolute Gasteiger partial charge is 0.348 e. The maximum Gasteiger partial charge on any atom is 0.256 e. The van der Waals surface area contributed by atoms with Gasteiger partial charge in [-0.2, -0.15) is 0 Å². The normalized spacial score (nSPS) is 18.2. The second-order valence-electron chi connectivity index (χ2n) is 6.57. The van der Waals surface area contributed by atoms with E-state index in [1.165, 1.54) is 19.1 Å². The van der Waals surface area contributed by atoms with E-state index in [1.807, 2.05) is 18.2 Å². The number of likely N-dealkylation sites (tertiary alicyclic amines) is 1. The number of pyridine rings is 1. The maximum atomic E-state index is 14.0. The Morgan fingerprint density at radius 1 is 1.23 bits per heavy atom. The summed E-state index contributed by atoms with van der Waals surface area (Å²) in [6.07, 6.45) is 3.35. The number of hydrogen-bond donors (Lipinski definition) is 1. The number of rotatable bonds is 4. The molecular formula is C20H22FN3O2. The van der Waals surface area contributed by atoms with Crippen LogP contribution in [0.5, 0.6) is 0 Å². The zero-order valence-electron chi connectivity index (χ0n) is 14.7. The zero-order chi connectivity index (χ0) is 18.5. The molecule has 1 aromatic carbocycles. The predicted molar refractivity (Wildman–Crippen MR) is 95.8 cm³/mol. The molecule has 136 valence electrons. The first-order valence-electron chi connectivity index (χ1n) is 8.78. The summed E-state index contributed by atoms with van der Waals surface area (Å²) < 4.78 is 14.0. The smallest absolute Gasteiger partial charge is 0.256 e. The Bertz CT molecular complexity index is 782. The quantitative estimate of drug-likeness (QED) is 0.917. The van der Waals surface area contributed by atoms with Gasteiger partial charge in [-0.3, -0.25) is 14.6 Å². The van der Waals surface area contributed by atoms with Gasteiger partial charge in [0.15, 0.2) is 0 Å². The van der Waals surface area contributed by atoms with Gasteiger partial charge in [-0.15, -0.1) is 0 Å². The van der Waals surface area contributed by atoms with Gasteiger partial charge in [-0.1, -0.05) is 18.2 Å². The molecule has 1 N–H and O–H groups in total. The van der Waals surface area contributed by atoms with Crippen molar-refractivity contribution in [2.24, 2.45) is 5.92 Å². The van der Waals surface area contributed by atoms with Crippen LogP contribution in [-0.4, -0.2) is 34.8 Å².